The molecule has 0 bridgehead atoms. The van der Waals surface area contributed by atoms with Crippen molar-refractivity contribution in [1.29, 1.82) is 0 Å². The van der Waals surface area contributed by atoms with E-state index in [0.717, 1.165) is 17.8 Å². The third-order valence-electron chi connectivity index (χ3n) is 2.79. The van der Waals surface area contributed by atoms with Crippen LogP contribution in [-0.4, -0.2) is 16.1 Å². The Morgan fingerprint density at radius 2 is 2.27 bits per heavy atom. The van der Waals surface area contributed by atoms with Crippen molar-refractivity contribution in [2.45, 2.75) is 39.0 Å². The molecular weight excluding hydrogens is 210 g/mol. The van der Waals surface area contributed by atoms with E-state index in [-0.39, 0.29) is 5.92 Å². The average molecular weight is 225 g/mol. The van der Waals surface area contributed by atoms with Gasteiger partial charge in [-0.1, -0.05) is 6.92 Å². The van der Waals surface area contributed by atoms with Crippen molar-refractivity contribution in [3.8, 4) is 0 Å². The summed E-state index contributed by atoms with van der Waals surface area (Å²) in [6.07, 6.45) is 5.27. The fourth-order valence-electron chi connectivity index (χ4n) is 1.84. The molecule has 1 aliphatic carbocycles. The smallest absolute Gasteiger partial charge is 0.306 e. The van der Waals surface area contributed by atoms with Gasteiger partial charge in [-0.3, -0.25) is 4.79 Å². The Labute approximate surface area is 93.2 Å². The van der Waals surface area contributed by atoms with Gasteiger partial charge in [0, 0.05) is 11.3 Å². The summed E-state index contributed by atoms with van der Waals surface area (Å²) in [6, 6.07) is 0. The molecule has 15 heavy (non-hydrogen) atoms. The molecule has 0 saturated heterocycles. The molecule has 1 aliphatic rings. The minimum Gasteiger partial charge on any atom is -0.481 e. The first-order valence-electron chi connectivity index (χ1n) is 5.37. The molecule has 1 N–H and O–H groups in total. The Bertz CT molecular complexity index is 349. The van der Waals surface area contributed by atoms with E-state index < -0.39 is 5.97 Å². The SMILES string of the molecule is CC(Cc1nc2c(s1)CCCC2)C(=O)O. The Morgan fingerprint density at radius 3 is 2.93 bits per heavy atom. The van der Waals surface area contributed by atoms with E-state index in [1.54, 1.807) is 18.3 Å². The monoisotopic (exact) mass is 225 g/mol. The first-order valence-corrected chi connectivity index (χ1v) is 6.18. The molecule has 1 aromatic heterocycles. The maximum absolute atomic E-state index is 10.7. The molecule has 0 spiro atoms. The molecule has 0 radical (unpaired) electrons. The van der Waals surface area contributed by atoms with Crippen LogP contribution >= 0.6 is 11.3 Å². The van der Waals surface area contributed by atoms with Crippen LogP contribution in [0.1, 0.15) is 35.3 Å². The van der Waals surface area contributed by atoms with Crippen LogP contribution in [0.3, 0.4) is 0 Å². The van der Waals surface area contributed by atoms with Crippen LogP contribution in [0.4, 0.5) is 0 Å². The van der Waals surface area contributed by atoms with Crippen molar-refractivity contribution in [3.05, 3.63) is 15.6 Å². The summed E-state index contributed by atoms with van der Waals surface area (Å²) in [5.74, 6) is -1.05. The maximum Gasteiger partial charge on any atom is 0.306 e. The van der Waals surface area contributed by atoms with Crippen LogP contribution in [-0.2, 0) is 24.1 Å². The van der Waals surface area contributed by atoms with E-state index >= 15 is 0 Å². The second-order valence-corrected chi connectivity index (χ2v) is 5.30. The maximum atomic E-state index is 10.7. The number of nitrogens with zero attached hydrogens (tertiary/aromatic N) is 1. The highest BCUT2D eigenvalue weighted by molar-refractivity contribution is 7.11. The summed E-state index contributed by atoms with van der Waals surface area (Å²) in [5.41, 5.74) is 1.22. The molecule has 0 aromatic carbocycles. The summed E-state index contributed by atoms with van der Waals surface area (Å²) < 4.78 is 0. The molecule has 1 heterocycles. The van der Waals surface area contributed by atoms with Crippen LogP contribution in [0.2, 0.25) is 0 Å². The van der Waals surface area contributed by atoms with Gasteiger partial charge in [-0.15, -0.1) is 11.3 Å². The van der Waals surface area contributed by atoms with Gasteiger partial charge in [0.05, 0.1) is 16.6 Å². The Hall–Kier alpha value is -0.900. The number of carbonyl (C=O) groups is 1. The summed E-state index contributed by atoms with van der Waals surface area (Å²) >= 11 is 1.71. The molecule has 82 valence electrons. The first kappa shape index (κ1) is 10.6. The molecule has 2 rings (SSSR count). The lowest BCUT2D eigenvalue weighted by molar-refractivity contribution is -0.141. The fourth-order valence-corrected chi connectivity index (χ4v) is 3.13. The zero-order valence-electron chi connectivity index (χ0n) is 8.82. The van der Waals surface area contributed by atoms with Crippen LogP contribution in [0.25, 0.3) is 0 Å². The zero-order valence-corrected chi connectivity index (χ0v) is 9.64. The lowest BCUT2D eigenvalue weighted by Crippen LogP contribution is -2.12. The summed E-state index contributed by atoms with van der Waals surface area (Å²) in [7, 11) is 0. The molecule has 4 heteroatoms. The topological polar surface area (TPSA) is 50.2 Å². The highest BCUT2D eigenvalue weighted by Crippen LogP contribution is 2.27. The van der Waals surface area contributed by atoms with E-state index in [9.17, 15) is 4.79 Å². The van der Waals surface area contributed by atoms with Crippen LogP contribution in [0, 0.1) is 5.92 Å². The highest BCUT2D eigenvalue weighted by Gasteiger charge is 2.18. The zero-order chi connectivity index (χ0) is 10.8. The van der Waals surface area contributed by atoms with Gasteiger partial charge in [0.1, 0.15) is 0 Å². The fraction of sp³-hybridized carbons (Fsp3) is 0.636. The van der Waals surface area contributed by atoms with Gasteiger partial charge < -0.3 is 5.11 Å². The molecule has 0 aliphatic heterocycles. The van der Waals surface area contributed by atoms with Crippen LogP contribution in [0.15, 0.2) is 0 Å². The van der Waals surface area contributed by atoms with Crippen molar-refractivity contribution in [2.75, 3.05) is 0 Å². The lowest BCUT2D eigenvalue weighted by atomic mass is 10.0. The predicted molar refractivity (Wildman–Crippen MR) is 59.3 cm³/mol. The number of hydrogen-bond donors (Lipinski definition) is 1. The third kappa shape index (κ3) is 2.37. The molecule has 1 unspecified atom stereocenters. The number of aliphatic carboxylic acids is 1. The number of rotatable bonds is 3. The standard InChI is InChI=1S/C11H15NO2S/c1-7(11(13)14)6-10-12-8-4-2-3-5-9(8)15-10/h7H,2-6H2,1H3,(H,13,14). The quantitative estimate of drug-likeness (QED) is 0.858. The Morgan fingerprint density at radius 1 is 1.53 bits per heavy atom. The summed E-state index contributed by atoms with van der Waals surface area (Å²) in [6.45, 7) is 1.74. The molecule has 3 nitrogen and oxygen atoms in total. The minimum absolute atomic E-state index is 0.322. The van der Waals surface area contributed by atoms with Crippen molar-refractivity contribution >= 4 is 17.3 Å². The van der Waals surface area contributed by atoms with Gasteiger partial charge in [0.2, 0.25) is 0 Å². The number of aryl methyl sites for hydroxylation is 2. The average Bonchev–Trinajstić information content (AvgIpc) is 2.59. The normalized spacial score (nSPS) is 17.1. The van der Waals surface area contributed by atoms with Crippen molar-refractivity contribution < 1.29 is 9.90 Å². The first-order chi connectivity index (χ1) is 7.16. The molecule has 1 aromatic rings. The molecule has 0 saturated carbocycles. The lowest BCUT2D eigenvalue weighted by Gasteiger charge is -2.06. The van der Waals surface area contributed by atoms with E-state index in [0.29, 0.717) is 6.42 Å². The number of hydrogen-bond acceptors (Lipinski definition) is 3. The van der Waals surface area contributed by atoms with Gasteiger partial charge in [0.25, 0.3) is 0 Å². The highest BCUT2D eigenvalue weighted by atomic mass is 32.1. The van der Waals surface area contributed by atoms with Crippen molar-refractivity contribution in [1.82, 2.24) is 4.98 Å². The molecule has 0 fully saturated rings. The van der Waals surface area contributed by atoms with Crippen LogP contribution < -0.4 is 0 Å². The number of carboxylic acid groups (broad SMARTS) is 1. The molecule has 1 atom stereocenters. The second kappa shape index (κ2) is 4.31. The van der Waals surface area contributed by atoms with Gasteiger partial charge >= 0.3 is 5.97 Å². The third-order valence-corrected chi connectivity index (χ3v) is 3.97. The summed E-state index contributed by atoms with van der Waals surface area (Å²) in [5, 5.41) is 9.82. The van der Waals surface area contributed by atoms with E-state index in [2.05, 4.69) is 4.98 Å². The van der Waals surface area contributed by atoms with Gasteiger partial charge in [0.15, 0.2) is 0 Å². The molecular formula is C11H15NO2S. The number of fused-ring (bicyclic) bond motifs is 1. The van der Waals surface area contributed by atoms with Gasteiger partial charge in [-0.25, -0.2) is 4.98 Å². The number of thiazole rings is 1. The Balaban J connectivity index is 2.09. The van der Waals surface area contributed by atoms with Crippen molar-refractivity contribution in [2.24, 2.45) is 5.92 Å². The second-order valence-electron chi connectivity index (χ2n) is 4.13. The predicted octanol–water partition coefficient (Wildman–Crippen LogP) is 2.29. The largest absolute Gasteiger partial charge is 0.481 e. The summed E-state index contributed by atoms with van der Waals surface area (Å²) in [4.78, 5) is 16.6. The van der Waals surface area contributed by atoms with Crippen LogP contribution in [0.5, 0.6) is 0 Å². The number of aromatic nitrogens is 1. The van der Waals surface area contributed by atoms with Crippen molar-refractivity contribution in [3.63, 3.8) is 0 Å². The Kier molecular flexibility index (Phi) is 3.05. The number of carboxylic acids is 1. The van der Waals surface area contributed by atoms with Gasteiger partial charge in [-0.2, -0.15) is 0 Å². The van der Waals surface area contributed by atoms with E-state index in [4.69, 9.17) is 5.11 Å². The molecule has 0 amide bonds. The van der Waals surface area contributed by atoms with Gasteiger partial charge in [-0.05, 0) is 25.7 Å². The minimum atomic E-state index is -0.733. The van der Waals surface area contributed by atoms with E-state index in [1.807, 2.05) is 0 Å². The van der Waals surface area contributed by atoms with E-state index in [1.165, 1.54) is 23.4 Å².